The number of nitrogens with one attached hydrogen (secondary N) is 1. The Bertz CT molecular complexity index is 572. The van der Waals surface area contributed by atoms with Gasteiger partial charge in [0.25, 0.3) is 0 Å². The summed E-state index contributed by atoms with van der Waals surface area (Å²) in [5, 5.41) is 3.55. The molecule has 0 saturated carbocycles. The number of rotatable bonds is 1. The van der Waals surface area contributed by atoms with E-state index in [4.69, 9.17) is 4.74 Å². The molecule has 3 heteroatoms. The van der Waals surface area contributed by atoms with E-state index in [0.29, 0.717) is 0 Å². The van der Waals surface area contributed by atoms with Crippen LogP contribution in [0, 0.1) is 13.8 Å². The Labute approximate surface area is 112 Å². The zero-order valence-electron chi connectivity index (χ0n) is 11.0. The summed E-state index contributed by atoms with van der Waals surface area (Å²) in [5.41, 5.74) is 4.89. The van der Waals surface area contributed by atoms with Crippen LogP contribution in [-0.4, -0.2) is 7.11 Å². The summed E-state index contributed by atoms with van der Waals surface area (Å²) in [5.74, 6) is 1.01. The van der Waals surface area contributed by atoms with Crippen molar-refractivity contribution in [2.24, 2.45) is 0 Å². The summed E-state index contributed by atoms with van der Waals surface area (Å²) < 4.78 is 5.50. The molecular weight excluding hydrogens is 242 g/mol. The highest BCUT2D eigenvalue weighted by atomic mass is 32.2. The Morgan fingerprint density at radius 3 is 2.78 bits per heavy atom. The van der Waals surface area contributed by atoms with E-state index in [9.17, 15) is 0 Å². The molecule has 94 valence electrons. The lowest BCUT2D eigenvalue weighted by Crippen LogP contribution is -2.11. The van der Waals surface area contributed by atoms with Crippen LogP contribution in [0.5, 0.6) is 5.75 Å². The van der Waals surface area contributed by atoms with Gasteiger partial charge in [0.05, 0.1) is 12.8 Å². The lowest BCUT2D eigenvalue weighted by molar-refractivity contribution is 0.407. The Morgan fingerprint density at radius 2 is 2.00 bits per heavy atom. The van der Waals surface area contributed by atoms with Gasteiger partial charge in [0.2, 0.25) is 0 Å². The maximum Gasteiger partial charge on any atom is 0.125 e. The zero-order chi connectivity index (χ0) is 12.7. The van der Waals surface area contributed by atoms with Gasteiger partial charge in [-0.05, 0) is 38.3 Å². The molecule has 1 aromatic carbocycles. The lowest BCUT2D eigenvalue weighted by atomic mass is 10.1. The maximum atomic E-state index is 5.50. The summed E-state index contributed by atoms with van der Waals surface area (Å²) in [7, 11) is 1.74. The molecule has 0 spiro atoms. The second-order valence-corrected chi connectivity index (χ2v) is 5.77. The minimum atomic E-state index is 1.01. The molecule has 2 nitrogen and oxygen atoms in total. The van der Waals surface area contributed by atoms with E-state index in [1.54, 1.807) is 7.11 Å². The molecule has 1 heterocycles. The Kier molecular flexibility index (Phi) is 2.86. The molecule has 0 radical (unpaired) electrons. The van der Waals surface area contributed by atoms with E-state index < -0.39 is 0 Å². The van der Waals surface area contributed by atoms with E-state index in [1.165, 1.54) is 32.3 Å². The van der Waals surface area contributed by atoms with Crippen molar-refractivity contribution < 1.29 is 4.74 Å². The molecule has 0 amide bonds. The molecule has 0 aromatic heterocycles. The Balaban J connectivity index is 2.14. The molecule has 0 atom stereocenters. The van der Waals surface area contributed by atoms with Crippen LogP contribution in [0.25, 0.3) is 0 Å². The third-order valence-electron chi connectivity index (χ3n) is 3.44. The fraction of sp³-hybridized carbons (Fsp3) is 0.333. The fourth-order valence-corrected chi connectivity index (χ4v) is 3.74. The van der Waals surface area contributed by atoms with Gasteiger partial charge in [-0.25, -0.2) is 0 Å². The lowest BCUT2D eigenvalue weighted by Gasteiger charge is -2.28. The first-order valence-corrected chi connectivity index (χ1v) is 7.06. The van der Waals surface area contributed by atoms with Crippen LogP contribution >= 0.6 is 11.8 Å². The van der Waals surface area contributed by atoms with Gasteiger partial charge in [0.1, 0.15) is 5.75 Å². The van der Waals surface area contributed by atoms with Crippen LogP contribution in [0.1, 0.15) is 24.0 Å². The van der Waals surface area contributed by atoms with Crippen molar-refractivity contribution in [2.75, 3.05) is 12.4 Å². The predicted octanol–water partition coefficient (Wildman–Crippen LogP) is 4.39. The van der Waals surface area contributed by atoms with Crippen molar-refractivity contribution in [1.29, 1.82) is 0 Å². The number of hydrogen-bond donors (Lipinski definition) is 1. The molecule has 0 bridgehead atoms. The van der Waals surface area contributed by atoms with E-state index in [1.807, 2.05) is 11.8 Å². The minimum Gasteiger partial charge on any atom is -0.496 e. The molecule has 1 aliphatic heterocycles. The van der Waals surface area contributed by atoms with Gasteiger partial charge in [0, 0.05) is 21.1 Å². The number of methoxy groups -OCH3 is 1. The van der Waals surface area contributed by atoms with Gasteiger partial charge >= 0.3 is 0 Å². The second kappa shape index (κ2) is 4.39. The van der Waals surface area contributed by atoms with Gasteiger partial charge in [0.15, 0.2) is 0 Å². The maximum absolute atomic E-state index is 5.50. The van der Waals surface area contributed by atoms with Crippen molar-refractivity contribution in [3.8, 4) is 5.75 Å². The van der Waals surface area contributed by atoms with Gasteiger partial charge in [-0.1, -0.05) is 23.9 Å². The van der Waals surface area contributed by atoms with Crippen LogP contribution in [0.2, 0.25) is 0 Å². The molecule has 1 aromatic rings. The highest BCUT2D eigenvalue weighted by molar-refractivity contribution is 8.03. The average molecular weight is 259 g/mol. The first kappa shape index (κ1) is 11.7. The summed E-state index contributed by atoms with van der Waals surface area (Å²) in [6.45, 7) is 4.23. The molecule has 2 aliphatic rings. The monoisotopic (exact) mass is 259 g/mol. The van der Waals surface area contributed by atoms with Crippen LogP contribution < -0.4 is 10.1 Å². The van der Waals surface area contributed by atoms with E-state index in [0.717, 1.165) is 18.6 Å². The zero-order valence-corrected chi connectivity index (χ0v) is 11.8. The van der Waals surface area contributed by atoms with Crippen molar-refractivity contribution >= 4 is 17.4 Å². The van der Waals surface area contributed by atoms with E-state index in [2.05, 4.69) is 37.4 Å². The summed E-state index contributed by atoms with van der Waals surface area (Å²) in [4.78, 5) is 2.64. The average Bonchev–Trinajstić information content (AvgIpc) is 2.37. The van der Waals surface area contributed by atoms with Gasteiger partial charge in [-0.3, -0.25) is 0 Å². The number of benzene rings is 1. The standard InChI is InChI=1S/C15H17NOS/c1-9-8-12-15(10(2)14(9)17-3)18-13-7-5-4-6-11(13)16-12/h6-8,16H,4-5H2,1-3H3. The minimum absolute atomic E-state index is 1.01. The SMILES string of the molecule is COc1c(C)cc2c(c1C)SC1=CCCC=C1N2. The topological polar surface area (TPSA) is 21.3 Å². The molecular formula is C15H17NOS. The number of anilines is 1. The van der Waals surface area contributed by atoms with Crippen molar-refractivity contribution in [2.45, 2.75) is 31.6 Å². The summed E-state index contributed by atoms with van der Waals surface area (Å²) in [6, 6.07) is 2.18. The molecule has 18 heavy (non-hydrogen) atoms. The van der Waals surface area contributed by atoms with Crippen LogP contribution in [0.4, 0.5) is 5.69 Å². The second-order valence-electron chi connectivity index (χ2n) is 4.72. The highest BCUT2D eigenvalue weighted by Gasteiger charge is 2.23. The fourth-order valence-electron chi connectivity index (χ4n) is 2.60. The Morgan fingerprint density at radius 1 is 1.22 bits per heavy atom. The normalized spacial score (nSPS) is 17.1. The molecule has 0 saturated heterocycles. The summed E-state index contributed by atoms with van der Waals surface area (Å²) >= 11 is 1.86. The van der Waals surface area contributed by atoms with Crippen LogP contribution in [0.3, 0.4) is 0 Å². The number of thioether (sulfide) groups is 1. The Hall–Kier alpha value is -1.35. The van der Waals surface area contributed by atoms with Crippen molar-refractivity contribution in [3.63, 3.8) is 0 Å². The first-order valence-electron chi connectivity index (χ1n) is 6.24. The van der Waals surface area contributed by atoms with Gasteiger partial charge in [-0.15, -0.1) is 0 Å². The third-order valence-corrected chi connectivity index (χ3v) is 4.78. The number of ether oxygens (including phenoxy) is 1. The van der Waals surface area contributed by atoms with Crippen LogP contribution in [0.15, 0.2) is 33.7 Å². The van der Waals surface area contributed by atoms with Crippen molar-refractivity contribution in [1.82, 2.24) is 0 Å². The number of hydrogen-bond acceptors (Lipinski definition) is 3. The molecule has 0 unspecified atom stereocenters. The highest BCUT2D eigenvalue weighted by Crippen LogP contribution is 2.48. The van der Waals surface area contributed by atoms with Crippen molar-refractivity contribution in [3.05, 3.63) is 39.9 Å². The predicted molar refractivity (Wildman–Crippen MR) is 77.3 cm³/mol. The number of allylic oxidation sites excluding steroid dienone is 2. The van der Waals surface area contributed by atoms with E-state index in [-0.39, 0.29) is 0 Å². The number of aryl methyl sites for hydroxylation is 1. The largest absolute Gasteiger partial charge is 0.496 e. The quantitative estimate of drug-likeness (QED) is 0.808. The molecule has 0 fully saturated rings. The molecule has 3 rings (SSSR count). The number of fused-ring (bicyclic) bond motifs is 2. The summed E-state index contributed by atoms with van der Waals surface area (Å²) in [6.07, 6.45) is 6.89. The van der Waals surface area contributed by atoms with Gasteiger partial charge < -0.3 is 10.1 Å². The third kappa shape index (κ3) is 1.74. The molecule has 1 N–H and O–H groups in total. The molecule has 1 aliphatic carbocycles. The smallest absolute Gasteiger partial charge is 0.125 e. The van der Waals surface area contributed by atoms with E-state index >= 15 is 0 Å². The first-order chi connectivity index (χ1) is 8.70. The van der Waals surface area contributed by atoms with Crippen LogP contribution in [-0.2, 0) is 0 Å². The van der Waals surface area contributed by atoms with Gasteiger partial charge in [-0.2, -0.15) is 0 Å².